The van der Waals surface area contributed by atoms with E-state index in [1.165, 1.54) is 0 Å². The van der Waals surface area contributed by atoms with E-state index in [9.17, 15) is 0 Å². The van der Waals surface area contributed by atoms with E-state index >= 15 is 0 Å². The molecule has 3 aromatic rings. The Morgan fingerprint density at radius 3 is 2.40 bits per heavy atom. The van der Waals surface area contributed by atoms with E-state index in [0.717, 1.165) is 4.90 Å². The average Bonchev–Trinajstić information content (AvgIpc) is 3.10. The number of halogens is 3. The molecule has 1 unspecified atom stereocenters. The van der Waals surface area contributed by atoms with E-state index in [4.69, 9.17) is 39.5 Å². The summed E-state index contributed by atoms with van der Waals surface area (Å²) in [4.78, 5) is 4.94. The first kappa shape index (κ1) is 18.5. The Labute approximate surface area is 165 Å². The number of benzene rings is 2. The van der Waals surface area contributed by atoms with Crippen molar-refractivity contribution in [3.8, 4) is 5.75 Å². The van der Waals surface area contributed by atoms with E-state index in [1.807, 2.05) is 47.2 Å². The topological polar surface area (TPSA) is 27.1 Å². The van der Waals surface area contributed by atoms with Crippen molar-refractivity contribution in [1.29, 1.82) is 0 Å². The second-order valence-corrected chi connectivity index (χ2v) is 7.82. The second-order valence-electron chi connectivity index (χ2n) is 5.29. The van der Waals surface area contributed by atoms with Crippen LogP contribution in [-0.2, 0) is 6.54 Å². The van der Waals surface area contributed by atoms with E-state index in [-0.39, 0.29) is 5.25 Å². The standard InChI is InChI=1S/C18H15Cl3N2OS/c19-14-4-1-2-7-17(14)24-11-13(10-23-9-8-22-12-23)25-18-15(20)5-3-6-16(18)21/h1-9,12-13H,10-11H2. The predicted molar refractivity (Wildman–Crippen MR) is 105 cm³/mol. The lowest BCUT2D eigenvalue weighted by Gasteiger charge is -2.19. The van der Waals surface area contributed by atoms with Crippen molar-refractivity contribution >= 4 is 46.6 Å². The molecule has 0 spiro atoms. The molecule has 0 saturated heterocycles. The third-order valence-corrected chi connectivity index (χ3v) is 5.90. The van der Waals surface area contributed by atoms with Gasteiger partial charge in [0.25, 0.3) is 0 Å². The maximum Gasteiger partial charge on any atom is 0.137 e. The van der Waals surface area contributed by atoms with Crippen LogP contribution in [0.5, 0.6) is 5.75 Å². The fourth-order valence-electron chi connectivity index (χ4n) is 2.26. The molecular formula is C18H15Cl3N2OS. The molecule has 0 aliphatic carbocycles. The van der Waals surface area contributed by atoms with Crippen LogP contribution in [0.25, 0.3) is 0 Å². The van der Waals surface area contributed by atoms with Gasteiger partial charge >= 0.3 is 0 Å². The Morgan fingerprint density at radius 2 is 1.72 bits per heavy atom. The normalized spacial score (nSPS) is 12.1. The van der Waals surface area contributed by atoms with Gasteiger partial charge in [0.2, 0.25) is 0 Å². The first-order chi connectivity index (χ1) is 12.1. The number of hydrogen-bond acceptors (Lipinski definition) is 3. The molecule has 0 aliphatic rings. The molecule has 1 atom stereocenters. The van der Waals surface area contributed by atoms with E-state index < -0.39 is 0 Å². The number of imidazole rings is 1. The summed E-state index contributed by atoms with van der Waals surface area (Å²) in [5.74, 6) is 0.658. The highest BCUT2D eigenvalue weighted by atomic mass is 35.5. The number of ether oxygens (including phenoxy) is 1. The van der Waals surface area contributed by atoms with Crippen LogP contribution in [0.4, 0.5) is 0 Å². The zero-order valence-electron chi connectivity index (χ0n) is 13.1. The Kier molecular flexibility index (Phi) is 6.54. The van der Waals surface area contributed by atoms with Crippen LogP contribution in [0.1, 0.15) is 0 Å². The SMILES string of the molecule is Clc1ccccc1OCC(Cn1ccnc1)Sc1c(Cl)cccc1Cl. The molecule has 1 aromatic heterocycles. The van der Waals surface area contributed by atoms with Crippen LogP contribution in [0.3, 0.4) is 0 Å². The predicted octanol–water partition coefficient (Wildman–Crippen LogP) is 6.08. The summed E-state index contributed by atoms with van der Waals surface area (Å²) in [5.41, 5.74) is 0. The fraction of sp³-hybridized carbons (Fsp3) is 0.167. The zero-order valence-corrected chi connectivity index (χ0v) is 16.2. The largest absolute Gasteiger partial charge is 0.491 e. The number of nitrogens with zero attached hydrogens (tertiary/aromatic N) is 2. The van der Waals surface area contributed by atoms with Gasteiger partial charge in [0.05, 0.1) is 26.6 Å². The fourth-order valence-corrected chi connectivity index (χ4v) is 4.19. The van der Waals surface area contributed by atoms with E-state index in [2.05, 4.69) is 4.98 Å². The second kappa shape index (κ2) is 8.86. The van der Waals surface area contributed by atoms with Gasteiger partial charge < -0.3 is 9.30 Å². The van der Waals surface area contributed by atoms with Crippen molar-refractivity contribution in [1.82, 2.24) is 9.55 Å². The van der Waals surface area contributed by atoms with Crippen molar-refractivity contribution < 1.29 is 4.74 Å². The summed E-state index contributed by atoms with van der Waals surface area (Å²) in [7, 11) is 0. The van der Waals surface area contributed by atoms with Crippen molar-refractivity contribution in [2.45, 2.75) is 16.7 Å². The van der Waals surface area contributed by atoms with Crippen molar-refractivity contribution in [2.24, 2.45) is 0 Å². The maximum absolute atomic E-state index is 6.31. The highest BCUT2D eigenvalue weighted by molar-refractivity contribution is 8.00. The Balaban J connectivity index is 1.76. The molecule has 0 fully saturated rings. The molecular weight excluding hydrogens is 399 g/mol. The molecule has 3 nitrogen and oxygen atoms in total. The third kappa shape index (κ3) is 5.08. The van der Waals surface area contributed by atoms with Crippen LogP contribution in [-0.4, -0.2) is 21.4 Å². The van der Waals surface area contributed by atoms with Crippen LogP contribution in [0.2, 0.25) is 15.1 Å². The highest BCUT2D eigenvalue weighted by Gasteiger charge is 2.17. The molecule has 3 rings (SSSR count). The van der Waals surface area contributed by atoms with Crippen LogP contribution in [0, 0.1) is 0 Å². The number of aromatic nitrogens is 2. The Hall–Kier alpha value is -1.33. The molecule has 25 heavy (non-hydrogen) atoms. The van der Waals surface area contributed by atoms with Gasteiger partial charge in [-0.25, -0.2) is 4.98 Å². The summed E-state index contributed by atoms with van der Waals surface area (Å²) in [5, 5.41) is 1.92. The van der Waals surface area contributed by atoms with Crippen LogP contribution < -0.4 is 4.74 Å². The third-order valence-electron chi connectivity index (χ3n) is 3.44. The van der Waals surface area contributed by atoms with Gasteiger partial charge in [0, 0.05) is 23.8 Å². The molecule has 1 heterocycles. The first-order valence-electron chi connectivity index (χ1n) is 7.57. The Bertz CT molecular complexity index is 807. The summed E-state index contributed by atoms with van der Waals surface area (Å²) in [6.45, 7) is 1.16. The van der Waals surface area contributed by atoms with Gasteiger partial charge in [-0.15, -0.1) is 11.8 Å². The average molecular weight is 414 g/mol. The molecule has 0 N–H and O–H groups in total. The summed E-state index contributed by atoms with van der Waals surface area (Å²) in [6, 6.07) is 12.9. The smallest absolute Gasteiger partial charge is 0.137 e. The minimum Gasteiger partial charge on any atom is -0.491 e. The van der Waals surface area contributed by atoms with Crippen LogP contribution >= 0.6 is 46.6 Å². The summed E-state index contributed by atoms with van der Waals surface area (Å²) >= 11 is 20.4. The van der Waals surface area contributed by atoms with Crippen molar-refractivity contribution in [2.75, 3.05) is 6.61 Å². The molecule has 7 heteroatoms. The van der Waals surface area contributed by atoms with Gasteiger partial charge in [0.15, 0.2) is 0 Å². The van der Waals surface area contributed by atoms with Gasteiger partial charge in [0.1, 0.15) is 12.4 Å². The number of rotatable bonds is 7. The molecule has 0 saturated carbocycles. The molecule has 0 aliphatic heterocycles. The molecule has 2 aromatic carbocycles. The maximum atomic E-state index is 6.31. The monoisotopic (exact) mass is 412 g/mol. The van der Waals surface area contributed by atoms with Gasteiger partial charge in [-0.05, 0) is 24.3 Å². The number of para-hydroxylation sites is 1. The number of hydrogen-bond donors (Lipinski definition) is 0. The quantitative estimate of drug-likeness (QED) is 0.439. The van der Waals surface area contributed by atoms with E-state index in [1.54, 1.807) is 30.4 Å². The minimum atomic E-state index is 0.0721. The molecule has 0 radical (unpaired) electrons. The molecule has 0 amide bonds. The number of thioether (sulfide) groups is 1. The first-order valence-corrected chi connectivity index (χ1v) is 9.58. The van der Waals surface area contributed by atoms with Gasteiger partial charge in [-0.2, -0.15) is 0 Å². The van der Waals surface area contributed by atoms with Crippen molar-refractivity contribution in [3.63, 3.8) is 0 Å². The highest BCUT2D eigenvalue weighted by Crippen LogP contribution is 2.37. The van der Waals surface area contributed by atoms with Crippen LogP contribution in [0.15, 0.2) is 66.1 Å². The lowest BCUT2D eigenvalue weighted by molar-refractivity contribution is 0.308. The lowest BCUT2D eigenvalue weighted by Crippen LogP contribution is -2.20. The lowest BCUT2D eigenvalue weighted by atomic mass is 10.3. The van der Waals surface area contributed by atoms with Gasteiger partial charge in [-0.1, -0.05) is 53.0 Å². The summed E-state index contributed by atoms with van der Waals surface area (Å²) in [6.07, 6.45) is 5.44. The molecule has 130 valence electrons. The Morgan fingerprint density at radius 1 is 1.00 bits per heavy atom. The summed E-state index contributed by atoms with van der Waals surface area (Å²) < 4.78 is 7.93. The zero-order chi connectivity index (χ0) is 17.6. The molecule has 0 bridgehead atoms. The van der Waals surface area contributed by atoms with Gasteiger partial charge in [-0.3, -0.25) is 0 Å². The minimum absolute atomic E-state index is 0.0721. The van der Waals surface area contributed by atoms with E-state index in [0.29, 0.717) is 34.0 Å². The van der Waals surface area contributed by atoms with Crippen molar-refractivity contribution in [3.05, 3.63) is 76.3 Å².